The summed E-state index contributed by atoms with van der Waals surface area (Å²) in [5.74, 6) is -1.50. The molecule has 182 valence electrons. The van der Waals surface area contributed by atoms with E-state index >= 15 is 0 Å². The average Bonchev–Trinajstić information content (AvgIpc) is 3.25. The number of rotatable bonds is 9. The Bertz CT molecular complexity index is 1280. The maximum absolute atomic E-state index is 14.3. The maximum atomic E-state index is 14.3. The number of aromatic nitrogens is 1. The van der Waals surface area contributed by atoms with E-state index in [0.717, 1.165) is 27.8 Å². The van der Waals surface area contributed by atoms with Gasteiger partial charge in [0.1, 0.15) is 24.3 Å². The van der Waals surface area contributed by atoms with E-state index in [0.29, 0.717) is 16.8 Å². The average molecular weight is 531 g/mol. The van der Waals surface area contributed by atoms with Crippen molar-refractivity contribution in [2.75, 3.05) is 18.0 Å². The number of halogens is 3. The molecule has 2 aromatic carbocycles. The third-order valence-corrected chi connectivity index (χ3v) is 7.99. The number of aryl methyl sites for hydroxylation is 1. The number of anilines is 1. The van der Waals surface area contributed by atoms with Gasteiger partial charge in [-0.2, -0.15) is 8.42 Å². The first-order valence-electron chi connectivity index (χ1n) is 9.91. The molecule has 7 nitrogen and oxygen atoms in total. The van der Waals surface area contributed by atoms with Crippen LogP contribution < -0.4 is 9.04 Å². The quantitative estimate of drug-likeness (QED) is 0.355. The predicted octanol–water partition coefficient (Wildman–Crippen LogP) is 5.16. The fourth-order valence-electron chi connectivity index (χ4n) is 2.94. The van der Waals surface area contributed by atoms with Crippen molar-refractivity contribution in [1.82, 2.24) is 4.98 Å². The summed E-state index contributed by atoms with van der Waals surface area (Å²) < 4.78 is 65.9. The van der Waals surface area contributed by atoms with Gasteiger partial charge in [0.25, 0.3) is 10.0 Å². The molecule has 0 amide bonds. The van der Waals surface area contributed by atoms with Crippen molar-refractivity contribution in [2.45, 2.75) is 31.0 Å². The number of methoxy groups -OCH3 is 1. The van der Waals surface area contributed by atoms with E-state index < -0.39 is 34.5 Å². The summed E-state index contributed by atoms with van der Waals surface area (Å²) in [5.41, 5.74) is 1.30. The minimum absolute atomic E-state index is 0.0923. The van der Waals surface area contributed by atoms with Gasteiger partial charge < -0.3 is 9.47 Å². The molecule has 0 aliphatic carbocycles. The number of carbonyl (C=O) groups is 1. The number of nitrogens with zero attached hydrogens (tertiary/aromatic N) is 2. The lowest BCUT2D eigenvalue weighted by atomic mass is 10.1. The first-order chi connectivity index (χ1) is 16.0. The van der Waals surface area contributed by atoms with Gasteiger partial charge in [-0.25, -0.2) is 18.6 Å². The third kappa shape index (κ3) is 5.83. The highest BCUT2D eigenvalue weighted by Crippen LogP contribution is 2.38. The minimum Gasteiger partial charge on any atom is -0.487 e. The molecule has 3 aromatic rings. The number of carbonyl (C=O) groups excluding carboxylic acids is 1. The molecule has 0 N–H and O–H groups in total. The molecular formula is C22H21ClF2N2O5S2. The molecule has 0 radical (unpaired) electrons. The van der Waals surface area contributed by atoms with Crippen molar-refractivity contribution in [2.24, 2.45) is 0 Å². The molecule has 0 aliphatic heterocycles. The number of alkyl halides is 1. The topological polar surface area (TPSA) is 85.8 Å². The highest BCUT2D eigenvalue weighted by molar-refractivity contribution is 7.94. The van der Waals surface area contributed by atoms with Gasteiger partial charge in [0.2, 0.25) is 4.34 Å². The van der Waals surface area contributed by atoms with Gasteiger partial charge in [0.15, 0.2) is 0 Å². The summed E-state index contributed by atoms with van der Waals surface area (Å²) in [4.78, 5) is 15.6. The van der Waals surface area contributed by atoms with Gasteiger partial charge >= 0.3 is 5.97 Å². The van der Waals surface area contributed by atoms with Crippen LogP contribution >= 0.6 is 22.9 Å². The smallest absolute Gasteiger partial charge is 0.337 e. The maximum Gasteiger partial charge on any atom is 0.337 e. The first-order valence-corrected chi connectivity index (χ1v) is 12.6. The number of hydrogen-bond donors (Lipinski definition) is 0. The normalized spacial score (nSPS) is 12.3. The second-order valence-corrected chi connectivity index (χ2v) is 10.6. The van der Waals surface area contributed by atoms with Gasteiger partial charge in [0.05, 0.1) is 29.9 Å². The Morgan fingerprint density at radius 3 is 2.50 bits per heavy atom. The summed E-state index contributed by atoms with van der Waals surface area (Å²) >= 11 is 6.83. The van der Waals surface area contributed by atoms with Crippen molar-refractivity contribution in [3.63, 3.8) is 0 Å². The van der Waals surface area contributed by atoms with Crippen LogP contribution in [0.4, 0.5) is 14.5 Å². The van der Waals surface area contributed by atoms with Crippen molar-refractivity contribution in [1.29, 1.82) is 0 Å². The summed E-state index contributed by atoms with van der Waals surface area (Å²) in [6.45, 7) is 2.18. The lowest BCUT2D eigenvalue weighted by Crippen LogP contribution is -2.36. The SMILES string of the molecule is COC(=O)c1ccc(COc2cc(F)c(Cl)cc2N(CC(C)F)S(=O)(=O)c2nc(C)cs2)cc1. The zero-order chi connectivity index (χ0) is 25.0. The third-order valence-electron chi connectivity index (χ3n) is 4.57. The Labute approximate surface area is 205 Å². The first kappa shape index (κ1) is 25.9. The van der Waals surface area contributed by atoms with E-state index in [9.17, 15) is 22.0 Å². The van der Waals surface area contributed by atoms with Gasteiger partial charge in [-0.15, -0.1) is 11.3 Å². The molecule has 1 unspecified atom stereocenters. The van der Waals surface area contributed by atoms with Crippen molar-refractivity contribution < 1.29 is 31.5 Å². The van der Waals surface area contributed by atoms with Crippen molar-refractivity contribution in [3.05, 3.63) is 69.4 Å². The van der Waals surface area contributed by atoms with Crippen LogP contribution in [0.15, 0.2) is 46.1 Å². The van der Waals surface area contributed by atoms with E-state index in [1.54, 1.807) is 24.4 Å². The summed E-state index contributed by atoms with van der Waals surface area (Å²) in [6.07, 6.45) is -1.56. The van der Waals surface area contributed by atoms with Crippen molar-refractivity contribution >= 4 is 44.6 Å². The lowest BCUT2D eigenvalue weighted by molar-refractivity contribution is 0.0600. The monoisotopic (exact) mass is 530 g/mol. The van der Waals surface area contributed by atoms with Crippen LogP contribution in [0, 0.1) is 12.7 Å². The van der Waals surface area contributed by atoms with Crippen LogP contribution in [0.1, 0.15) is 28.5 Å². The fourth-order valence-corrected chi connectivity index (χ4v) is 5.77. The summed E-state index contributed by atoms with van der Waals surface area (Å²) in [5, 5.41) is 1.20. The van der Waals surface area contributed by atoms with Crippen LogP contribution in [-0.2, 0) is 21.4 Å². The zero-order valence-corrected chi connectivity index (χ0v) is 20.8. The standard InChI is InChI=1S/C22H21ClF2N2O5S2/c1-13(24)10-27(34(29,30)22-26-14(2)12-33-22)19-8-17(23)18(25)9-20(19)32-11-15-4-6-16(7-5-15)21(28)31-3/h4-9,12-13H,10-11H2,1-3H3. The van der Waals surface area contributed by atoms with Gasteiger partial charge in [-0.3, -0.25) is 4.31 Å². The molecule has 0 bridgehead atoms. The lowest BCUT2D eigenvalue weighted by Gasteiger charge is -2.26. The number of ether oxygens (including phenoxy) is 2. The van der Waals surface area contributed by atoms with Crippen molar-refractivity contribution in [3.8, 4) is 5.75 Å². The van der Waals surface area contributed by atoms with Gasteiger partial charge in [0, 0.05) is 17.1 Å². The Hall–Kier alpha value is -2.76. The molecular weight excluding hydrogens is 510 g/mol. The van der Waals surface area contributed by atoms with Crippen LogP contribution in [-0.4, -0.2) is 39.2 Å². The molecule has 0 saturated carbocycles. The van der Waals surface area contributed by atoms with Crippen LogP contribution in [0.25, 0.3) is 0 Å². The van der Waals surface area contributed by atoms with Crippen LogP contribution in [0.2, 0.25) is 5.02 Å². The number of thiazole rings is 1. The number of esters is 1. The molecule has 0 fully saturated rings. The zero-order valence-electron chi connectivity index (χ0n) is 18.4. The van der Waals surface area contributed by atoms with Crippen LogP contribution in [0.5, 0.6) is 5.75 Å². The van der Waals surface area contributed by atoms with E-state index in [-0.39, 0.29) is 27.4 Å². The van der Waals surface area contributed by atoms with E-state index in [1.807, 2.05) is 0 Å². The molecule has 0 saturated heterocycles. The second kappa shape index (κ2) is 10.7. The Balaban J connectivity index is 1.99. The van der Waals surface area contributed by atoms with E-state index in [4.69, 9.17) is 16.3 Å². The number of sulfonamides is 1. The Kier molecular flexibility index (Phi) is 8.11. The van der Waals surface area contributed by atoms with E-state index in [1.165, 1.54) is 26.2 Å². The Morgan fingerprint density at radius 1 is 1.26 bits per heavy atom. The number of benzene rings is 2. The predicted molar refractivity (Wildman–Crippen MR) is 125 cm³/mol. The second-order valence-electron chi connectivity index (χ2n) is 7.28. The largest absolute Gasteiger partial charge is 0.487 e. The molecule has 12 heteroatoms. The molecule has 0 aliphatic rings. The molecule has 3 rings (SSSR count). The summed E-state index contributed by atoms with van der Waals surface area (Å²) in [7, 11) is -3.03. The molecule has 1 heterocycles. The molecule has 0 spiro atoms. The molecule has 1 atom stereocenters. The fraction of sp³-hybridized carbons (Fsp3) is 0.273. The van der Waals surface area contributed by atoms with Crippen LogP contribution in [0.3, 0.4) is 0 Å². The molecule has 34 heavy (non-hydrogen) atoms. The summed E-state index contributed by atoms with van der Waals surface area (Å²) in [6, 6.07) is 8.29. The highest BCUT2D eigenvalue weighted by atomic mass is 35.5. The molecule has 1 aromatic heterocycles. The van der Waals surface area contributed by atoms with E-state index in [2.05, 4.69) is 9.72 Å². The van der Waals surface area contributed by atoms with Gasteiger partial charge in [-0.05, 0) is 37.6 Å². The number of hydrogen-bond acceptors (Lipinski definition) is 7. The van der Waals surface area contributed by atoms with Gasteiger partial charge in [-0.1, -0.05) is 23.7 Å². The Morgan fingerprint density at radius 2 is 1.94 bits per heavy atom. The minimum atomic E-state index is -4.29. The highest BCUT2D eigenvalue weighted by Gasteiger charge is 2.32.